The van der Waals surface area contributed by atoms with Crippen molar-refractivity contribution in [2.24, 2.45) is 11.1 Å². The molecule has 1 aromatic rings. The van der Waals surface area contributed by atoms with Gasteiger partial charge in [0.05, 0.1) is 10.0 Å². The highest BCUT2D eigenvalue weighted by molar-refractivity contribution is 8.00. The van der Waals surface area contributed by atoms with Gasteiger partial charge in [-0.25, -0.2) is 4.98 Å². The maximum absolute atomic E-state index is 6.21. The third kappa shape index (κ3) is 4.49. The van der Waals surface area contributed by atoms with E-state index in [1.54, 1.807) is 18.0 Å². The van der Waals surface area contributed by atoms with Crippen LogP contribution in [0.3, 0.4) is 0 Å². The third-order valence-electron chi connectivity index (χ3n) is 2.66. The summed E-state index contributed by atoms with van der Waals surface area (Å²) in [5, 5.41) is 2.00. The highest BCUT2D eigenvalue weighted by Crippen LogP contribution is 2.37. The van der Waals surface area contributed by atoms with Crippen molar-refractivity contribution in [1.82, 2.24) is 4.98 Å². The molecule has 0 spiro atoms. The fourth-order valence-electron chi connectivity index (χ4n) is 1.68. The normalized spacial score (nSPS) is 15.6. The van der Waals surface area contributed by atoms with Crippen LogP contribution in [-0.2, 0) is 0 Å². The lowest BCUT2D eigenvalue weighted by molar-refractivity contribution is 0.350. The van der Waals surface area contributed by atoms with Crippen LogP contribution in [0.4, 0.5) is 0 Å². The van der Waals surface area contributed by atoms with Crippen LogP contribution in [0.1, 0.15) is 34.1 Å². The summed E-state index contributed by atoms with van der Waals surface area (Å²) in [5.41, 5.74) is 6.36. The van der Waals surface area contributed by atoms with E-state index in [-0.39, 0.29) is 11.5 Å². The summed E-state index contributed by atoms with van der Waals surface area (Å²) in [6, 6.07) is 4.00. The van der Waals surface area contributed by atoms with E-state index in [9.17, 15) is 0 Å². The van der Waals surface area contributed by atoms with Crippen molar-refractivity contribution < 1.29 is 0 Å². The predicted octanol–water partition coefficient (Wildman–Crippen LogP) is 3.98. The molecule has 1 heterocycles. The van der Waals surface area contributed by atoms with Crippen LogP contribution in [-0.4, -0.2) is 16.3 Å². The second-order valence-electron chi connectivity index (χ2n) is 5.29. The first-order valence-electron chi connectivity index (χ1n) is 5.88. The number of nitrogens with zero attached hydrogens (tertiary/aromatic N) is 1. The Morgan fingerprint density at radius 2 is 2.06 bits per heavy atom. The largest absolute Gasteiger partial charge is 0.327 e. The lowest BCUT2D eigenvalue weighted by Crippen LogP contribution is -2.40. The van der Waals surface area contributed by atoms with Crippen LogP contribution in [0.25, 0.3) is 0 Å². The SMILES string of the molecule is CCC(N)C(Sc1ccc(Cl)cn1)C(C)(C)C. The predicted molar refractivity (Wildman–Crippen MR) is 76.6 cm³/mol. The van der Waals surface area contributed by atoms with Crippen molar-refractivity contribution in [2.75, 3.05) is 0 Å². The fraction of sp³-hybridized carbons (Fsp3) is 0.615. The summed E-state index contributed by atoms with van der Waals surface area (Å²) in [7, 11) is 0. The van der Waals surface area contributed by atoms with E-state index >= 15 is 0 Å². The molecule has 2 unspecified atom stereocenters. The van der Waals surface area contributed by atoms with Crippen molar-refractivity contribution in [1.29, 1.82) is 0 Å². The Kier molecular flexibility index (Phi) is 5.29. The Labute approximate surface area is 113 Å². The van der Waals surface area contributed by atoms with Crippen molar-refractivity contribution >= 4 is 23.4 Å². The van der Waals surface area contributed by atoms with Gasteiger partial charge in [0.2, 0.25) is 0 Å². The zero-order valence-electron chi connectivity index (χ0n) is 10.9. The van der Waals surface area contributed by atoms with Crippen molar-refractivity contribution in [3.8, 4) is 0 Å². The van der Waals surface area contributed by atoms with E-state index in [0.29, 0.717) is 10.3 Å². The van der Waals surface area contributed by atoms with Crippen LogP contribution in [0.2, 0.25) is 5.02 Å². The quantitative estimate of drug-likeness (QED) is 0.843. The van der Waals surface area contributed by atoms with Crippen LogP contribution < -0.4 is 5.73 Å². The fourth-order valence-corrected chi connectivity index (χ4v) is 3.04. The minimum Gasteiger partial charge on any atom is -0.327 e. The summed E-state index contributed by atoms with van der Waals surface area (Å²) in [6.45, 7) is 8.78. The maximum atomic E-state index is 6.21. The van der Waals surface area contributed by atoms with Crippen LogP contribution in [0.5, 0.6) is 0 Å². The highest BCUT2D eigenvalue weighted by Gasteiger charge is 2.30. The molecule has 96 valence electrons. The molecule has 0 aliphatic rings. The summed E-state index contributed by atoms with van der Waals surface area (Å²) >= 11 is 7.57. The number of thioether (sulfide) groups is 1. The number of hydrogen-bond acceptors (Lipinski definition) is 3. The topological polar surface area (TPSA) is 38.9 Å². The zero-order chi connectivity index (χ0) is 13.1. The molecule has 2 N–H and O–H groups in total. The Morgan fingerprint density at radius 1 is 1.41 bits per heavy atom. The average molecular weight is 273 g/mol. The smallest absolute Gasteiger partial charge is 0.0964 e. The molecule has 0 saturated carbocycles. The Bertz CT molecular complexity index is 345. The third-order valence-corrected chi connectivity index (χ3v) is 4.68. The molecule has 17 heavy (non-hydrogen) atoms. The van der Waals surface area contributed by atoms with Gasteiger partial charge in [-0.3, -0.25) is 0 Å². The number of pyridine rings is 1. The number of rotatable bonds is 4. The number of aromatic nitrogens is 1. The molecular formula is C13H21ClN2S. The van der Waals surface area contributed by atoms with Gasteiger partial charge in [-0.05, 0) is 24.0 Å². The summed E-state index contributed by atoms with van der Waals surface area (Å²) in [4.78, 5) is 4.32. The lowest BCUT2D eigenvalue weighted by Gasteiger charge is -2.34. The Balaban J connectivity index is 2.83. The molecule has 0 saturated heterocycles. The number of hydrogen-bond donors (Lipinski definition) is 1. The summed E-state index contributed by atoms with van der Waals surface area (Å²) in [5.74, 6) is 0. The van der Waals surface area contributed by atoms with Crippen molar-refractivity contribution in [2.45, 2.75) is 50.4 Å². The van der Waals surface area contributed by atoms with E-state index < -0.39 is 0 Å². The Hall–Kier alpha value is -0.250. The minimum atomic E-state index is 0.154. The van der Waals surface area contributed by atoms with Gasteiger partial charge < -0.3 is 5.73 Å². The molecule has 1 aromatic heterocycles. The van der Waals surface area contributed by atoms with E-state index in [1.807, 2.05) is 12.1 Å². The number of halogens is 1. The van der Waals surface area contributed by atoms with Gasteiger partial charge >= 0.3 is 0 Å². The van der Waals surface area contributed by atoms with Crippen LogP contribution >= 0.6 is 23.4 Å². The van der Waals surface area contributed by atoms with Gasteiger partial charge in [0.25, 0.3) is 0 Å². The van der Waals surface area contributed by atoms with E-state index in [1.165, 1.54) is 0 Å². The highest BCUT2D eigenvalue weighted by atomic mass is 35.5. The monoisotopic (exact) mass is 272 g/mol. The molecule has 0 aliphatic carbocycles. The summed E-state index contributed by atoms with van der Waals surface area (Å²) in [6.07, 6.45) is 2.66. The molecule has 0 radical (unpaired) electrons. The number of nitrogens with two attached hydrogens (primary N) is 1. The first-order valence-corrected chi connectivity index (χ1v) is 7.14. The molecule has 4 heteroatoms. The van der Waals surface area contributed by atoms with Gasteiger partial charge in [-0.2, -0.15) is 0 Å². The first-order chi connectivity index (χ1) is 7.84. The van der Waals surface area contributed by atoms with E-state index in [0.717, 1.165) is 11.4 Å². The van der Waals surface area contributed by atoms with Gasteiger partial charge in [-0.1, -0.05) is 39.3 Å². The lowest BCUT2D eigenvalue weighted by atomic mass is 9.87. The van der Waals surface area contributed by atoms with Crippen molar-refractivity contribution in [3.63, 3.8) is 0 Å². The van der Waals surface area contributed by atoms with Gasteiger partial charge in [0.15, 0.2) is 0 Å². The van der Waals surface area contributed by atoms with Gasteiger partial charge in [-0.15, -0.1) is 11.8 Å². The second-order valence-corrected chi connectivity index (χ2v) is 6.89. The molecule has 0 aliphatic heterocycles. The van der Waals surface area contributed by atoms with Crippen LogP contribution in [0, 0.1) is 5.41 Å². The molecule has 0 amide bonds. The maximum Gasteiger partial charge on any atom is 0.0964 e. The Morgan fingerprint density at radius 3 is 2.47 bits per heavy atom. The van der Waals surface area contributed by atoms with E-state index in [2.05, 4.69) is 32.7 Å². The van der Waals surface area contributed by atoms with Gasteiger partial charge in [0, 0.05) is 17.5 Å². The molecule has 0 aromatic carbocycles. The second kappa shape index (κ2) is 6.07. The first kappa shape index (κ1) is 14.8. The molecule has 2 atom stereocenters. The molecular weight excluding hydrogens is 252 g/mol. The standard InChI is InChI=1S/C13H21ClN2S/c1-5-10(15)12(13(2,3)4)17-11-7-6-9(14)8-16-11/h6-8,10,12H,5,15H2,1-4H3. The minimum absolute atomic E-state index is 0.154. The molecule has 0 fully saturated rings. The van der Waals surface area contributed by atoms with Crippen molar-refractivity contribution in [3.05, 3.63) is 23.4 Å². The van der Waals surface area contributed by atoms with Crippen LogP contribution in [0.15, 0.2) is 23.4 Å². The summed E-state index contributed by atoms with van der Waals surface area (Å²) < 4.78 is 0. The van der Waals surface area contributed by atoms with E-state index in [4.69, 9.17) is 17.3 Å². The molecule has 2 nitrogen and oxygen atoms in total. The molecule has 0 bridgehead atoms. The van der Waals surface area contributed by atoms with Gasteiger partial charge in [0.1, 0.15) is 0 Å². The zero-order valence-corrected chi connectivity index (χ0v) is 12.5. The molecule has 1 rings (SSSR count). The average Bonchev–Trinajstić information content (AvgIpc) is 2.25.